The number of amides is 1. The second-order valence-electron chi connectivity index (χ2n) is 8.06. The summed E-state index contributed by atoms with van der Waals surface area (Å²) >= 11 is 0. The van der Waals surface area contributed by atoms with Gasteiger partial charge in [0.1, 0.15) is 11.5 Å². The Hall–Kier alpha value is -2.45. The van der Waals surface area contributed by atoms with Crippen LogP contribution in [0.1, 0.15) is 16.2 Å². The van der Waals surface area contributed by atoms with Crippen molar-refractivity contribution >= 4 is 11.6 Å². The normalized spacial score (nSPS) is 19.6. The van der Waals surface area contributed by atoms with Crippen LogP contribution in [0.3, 0.4) is 0 Å². The Labute approximate surface area is 171 Å². The maximum absolute atomic E-state index is 13.9. The molecule has 156 valence electrons. The summed E-state index contributed by atoms with van der Waals surface area (Å²) < 4.78 is 15.9. The monoisotopic (exact) mass is 400 g/mol. The fourth-order valence-corrected chi connectivity index (χ4v) is 4.08. The number of carbonyl (C=O) groups is 1. The van der Waals surface area contributed by atoms with Crippen molar-refractivity contribution in [1.82, 2.24) is 24.9 Å². The zero-order valence-electron chi connectivity index (χ0n) is 17.1. The van der Waals surface area contributed by atoms with Gasteiger partial charge in [0.25, 0.3) is 5.91 Å². The van der Waals surface area contributed by atoms with Crippen LogP contribution in [-0.2, 0) is 13.0 Å². The van der Waals surface area contributed by atoms with E-state index in [2.05, 4.69) is 39.2 Å². The lowest BCUT2D eigenvalue weighted by Crippen LogP contribution is -2.48. The lowest BCUT2D eigenvalue weighted by Gasteiger charge is -2.36. The van der Waals surface area contributed by atoms with Crippen molar-refractivity contribution in [3.05, 3.63) is 47.5 Å². The van der Waals surface area contributed by atoms with Gasteiger partial charge in [-0.3, -0.25) is 14.4 Å². The van der Waals surface area contributed by atoms with E-state index in [9.17, 15) is 9.18 Å². The number of likely N-dealkylation sites (N-methyl/N-ethyl adjacent to an activating group) is 1. The molecule has 0 radical (unpaired) electrons. The fraction of sp³-hybridized carbons (Fsp3) is 0.524. The summed E-state index contributed by atoms with van der Waals surface area (Å²) in [6.07, 6.45) is 0.930. The van der Waals surface area contributed by atoms with Crippen LogP contribution in [0.5, 0.6) is 0 Å². The predicted molar refractivity (Wildman–Crippen MR) is 111 cm³/mol. The highest BCUT2D eigenvalue weighted by atomic mass is 19.1. The minimum Gasteiger partial charge on any atom is -0.367 e. The molecule has 1 N–H and O–H groups in total. The summed E-state index contributed by atoms with van der Waals surface area (Å²) in [6, 6.07) is 9.28. The van der Waals surface area contributed by atoms with Gasteiger partial charge < -0.3 is 15.1 Å². The van der Waals surface area contributed by atoms with Crippen molar-refractivity contribution in [2.24, 2.45) is 0 Å². The summed E-state index contributed by atoms with van der Waals surface area (Å²) in [6.45, 7) is 5.49. The zero-order chi connectivity index (χ0) is 20.4. The first-order chi connectivity index (χ1) is 14.0. The van der Waals surface area contributed by atoms with Gasteiger partial charge in [-0.05, 0) is 32.3 Å². The van der Waals surface area contributed by atoms with Crippen LogP contribution in [0.4, 0.5) is 10.1 Å². The number of rotatable bonds is 6. The zero-order valence-corrected chi connectivity index (χ0v) is 17.1. The van der Waals surface area contributed by atoms with Gasteiger partial charge in [0.05, 0.1) is 12.2 Å². The molecule has 2 aliphatic rings. The number of nitrogens with zero attached hydrogens (tertiary/aromatic N) is 5. The van der Waals surface area contributed by atoms with Crippen LogP contribution in [0.2, 0.25) is 0 Å². The number of aromatic nitrogens is 2. The van der Waals surface area contributed by atoms with E-state index in [1.54, 1.807) is 6.07 Å². The van der Waals surface area contributed by atoms with E-state index in [4.69, 9.17) is 0 Å². The number of hydrogen-bond acceptors (Lipinski definition) is 5. The third-order valence-corrected chi connectivity index (χ3v) is 5.93. The molecule has 7 nitrogen and oxygen atoms in total. The van der Waals surface area contributed by atoms with Gasteiger partial charge in [-0.1, -0.05) is 12.1 Å². The molecule has 29 heavy (non-hydrogen) atoms. The van der Waals surface area contributed by atoms with Gasteiger partial charge >= 0.3 is 0 Å². The van der Waals surface area contributed by atoms with Gasteiger partial charge in [-0.25, -0.2) is 4.39 Å². The number of piperazine rings is 1. The Bertz CT molecular complexity index is 835. The number of para-hydroxylation sites is 1. The van der Waals surface area contributed by atoms with Crippen LogP contribution in [-0.4, -0.2) is 84.9 Å². The Morgan fingerprint density at radius 2 is 2.00 bits per heavy atom. The van der Waals surface area contributed by atoms with Crippen molar-refractivity contribution < 1.29 is 9.18 Å². The van der Waals surface area contributed by atoms with Crippen molar-refractivity contribution in [2.45, 2.75) is 19.0 Å². The van der Waals surface area contributed by atoms with E-state index >= 15 is 0 Å². The van der Waals surface area contributed by atoms with Crippen molar-refractivity contribution in [2.75, 3.05) is 58.3 Å². The SMILES string of the molecule is CN(C)[C@H]1Cc2cc(C(=O)NCCN3CCN(c4ccccc4F)CC3)nn2C1. The van der Waals surface area contributed by atoms with Gasteiger partial charge in [0.2, 0.25) is 0 Å². The predicted octanol–water partition coefficient (Wildman–Crippen LogP) is 1.06. The first-order valence-corrected chi connectivity index (χ1v) is 10.2. The summed E-state index contributed by atoms with van der Waals surface area (Å²) in [5.41, 5.74) is 2.30. The smallest absolute Gasteiger partial charge is 0.271 e. The van der Waals surface area contributed by atoms with Gasteiger partial charge in [0, 0.05) is 57.4 Å². The summed E-state index contributed by atoms with van der Waals surface area (Å²) in [4.78, 5) is 19.0. The third kappa shape index (κ3) is 4.43. The Kier molecular flexibility index (Phi) is 5.82. The molecule has 0 aliphatic carbocycles. The maximum Gasteiger partial charge on any atom is 0.271 e. The highest BCUT2D eigenvalue weighted by molar-refractivity contribution is 5.92. The molecule has 0 saturated carbocycles. The molecule has 1 aromatic carbocycles. The molecule has 0 bridgehead atoms. The molecule has 0 unspecified atom stereocenters. The van der Waals surface area contributed by atoms with Gasteiger partial charge in [-0.15, -0.1) is 0 Å². The van der Waals surface area contributed by atoms with Crippen LogP contribution < -0.4 is 10.2 Å². The van der Waals surface area contributed by atoms with Crippen LogP contribution in [0.25, 0.3) is 0 Å². The molecule has 1 saturated heterocycles. The topological polar surface area (TPSA) is 56.6 Å². The number of benzene rings is 1. The van der Waals surface area contributed by atoms with E-state index in [0.717, 1.165) is 51.4 Å². The molecular weight excluding hydrogens is 371 g/mol. The fourth-order valence-electron chi connectivity index (χ4n) is 4.08. The number of nitrogens with one attached hydrogen (secondary N) is 1. The highest BCUT2D eigenvalue weighted by Crippen LogP contribution is 2.20. The molecular formula is C21H29FN6O. The Morgan fingerprint density at radius 1 is 1.24 bits per heavy atom. The average Bonchev–Trinajstić information content (AvgIpc) is 3.28. The van der Waals surface area contributed by atoms with Crippen LogP contribution >= 0.6 is 0 Å². The van der Waals surface area contributed by atoms with E-state index < -0.39 is 0 Å². The molecule has 8 heteroatoms. The maximum atomic E-state index is 13.9. The minimum absolute atomic E-state index is 0.113. The number of hydrogen-bond donors (Lipinski definition) is 1. The van der Waals surface area contributed by atoms with Crippen molar-refractivity contribution in [3.63, 3.8) is 0 Å². The molecule has 1 aromatic heterocycles. The van der Waals surface area contributed by atoms with Crippen LogP contribution in [0, 0.1) is 5.82 Å². The molecule has 0 spiro atoms. The first-order valence-electron chi connectivity index (χ1n) is 10.2. The first kappa shape index (κ1) is 19.8. The molecule has 2 aliphatic heterocycles. The summed E-state index contributed by atoms with van der Waals surface area (Å²) in [5, 5.41) is 7.44. The molecule has 1 amide bonds. The molecule has 1 fully saturated rings. The van der Waals surface area contributed by atoms with Crippen molar-refractivity contribution in [3.8, 4) is 0 Å². The lowest BCUT2D eigenvalue weighted by atomic mass is 10.2. The molecule has 1 atom stereocenters. The van der Waals surface area contributed by atoms with Crippen molar-refractivity contribution in [1.29, 1.82) is 0 Å². The standard InChI is InChI=1S/C21H29FN6O/c1-25(2)17-13-16-14-19(24-28(16)15-17)21(29)23-7-8-26-9-11-27(12-10-26)20-6-4-3-5-18(20)22/h3-6,14,17H,7-13,15H2,1-2H3,(H,23,29)/t17-/m0/s1. The number of fused-ring (bicyclic) bond motifs is 1. The van der Waals surface area contributed by atoms with Crippen LogP contribution in [0.15, 0.2) is 30.3 Å². The second kappa shape index (κ2) is 8.51. The number of anilines is 1. The van der Waals surface area contributed by atoms with Gasteiger partial charge in [-0.2, -0.15) is 5.10 Å². The largest absolute Gasteiger partial charge is 0.367 e. The Balaban J connectivity index is 1.20. The molecule has 2 aromatic rings. The van der Waals surface area contributed by atoms with E-state index in [1.165, 1.54) is 6.07 Å². The lowest BCUT2D eigenvalue weighted by molar-refractivity contribution is 0.0941. The van der Waals surface area contributed by atoms with E-state index in [0.29, 0.717) is 24.0 Å². The van der Waals surface area contributed by atoms with Gasteiger partial charge in [0.15, 0.2) is 0 Å². The van der Waals surface area contributed by atoms with E-state index in [1.807, 2.05) is 22.9 Å². The molecule has 3 heterocycles. The molecule has 4 rings (SSSR count). The summed E-state index contributed by atoms with van der Waals surface area (Å²) in [7, 11) is 4.14. The highest BCUT2D eigenvalue weighted by Gasteiger charge is 2.26. The summed E-state index contributed by atoms with van der Waals surface area (Å²) in [5.74, 6) is -0.282. The second-order valence-corrected chi connectivity index (χ2v) is 8.06. The minimum atomic E-state index is -0.169. The Morgan fingerprint density at radius 3 is 2.69 bits per heavy atom. The quantitative estimate of drug-likeness (QED) is 0.786. The third-order valence-electron chi connectivity index (χ3n) is 5.93. The van der Waals surface area contributed by atoms with E-state index in [-0.39, 0.29) is 11.7 Å². The average molecular weight is 401 g/mol. The number of halogens is 1. The number of carbonyl (C=O) groups excluding carboxylic acids is 1.